The second kappa shape index (κ2) is 6.38. The van der Waals surface area contributed by atoms with Crippen molar-refractivity contribution in [3.05, 3.63) is 0 Å². The predicted molar refractivity (Wildman–Crippen MR) is 61.3 cm³/mol. The monoisotopic (exact) mass is 202 g/mol. The van der Waals surface area contributed by atoms with E-state index in [0.717, 1.165) is 19.4 Å². The fourth-order valence-corrected chi connectivity index (χ4v) is 1.34. The minimum absolute atomic E-state index is 0.347. The highest BCUT2D eigenvalue weighted by molar-refractivity contribution is 4.74. The van der Waals surface area contributed by atoms with E-state index in [1.807, 2.05) is 0 Å². The molecule has 0 fully saturated rings. The van der Waals surface area contributed by atoms with Crippen LogP contribution in [-0.4, -0.2) is 41.8 Å². The predicted octanol–water partition coefficient (Wildman–Crippen LogP) is 1.21. The molecule has 0 aromatic heterocycles. The van der Waals surface area contributed by atoms with Crippen LogP contribution >= 0.6 is 0 Å². The van der Waals surface area contributed by atoms with Gasteiger partial charge in [-0.25, -0.2) is 0 Å². The van der Waals surface area contributed by atoms with E-state index >= 15 is 0 Å². The molecular weight excluding hydrogens is 176 g/mol. The van der Waals surface area contributed by atoms with E-state index in [1.165, 1.54) is 6.42 Å². The number of hydrogen-bond acceptors (Lipinski definition) is 3. The molecule has 0 saturated heterocycles. The molecule has 86 valence electrons. The van der Waals surface area contributed by atoms with Gasteiger partial charge in [-0.3, -0.25) is 0 Å². The first-order chi connectivity index (χ1) is 6.43. The standard InChI is InChI=1S/C11H26N2O/c1-5-10(2)13(4)8-6-7-11(3,14)9-12/h10,14H,5-9,12H2,1-4H3. The maximum atomic E-state index is 9.69. The zero-order chi connectivity index (χ0) is 11.2. The second-order valence-corrected chi connectivity index (χ2v) is 4.54. The van der Waals surface area contributed by atoms with Crippen molar-refractivity contribution in [2.45, 2.75) is 51.7 Å². The number of nitrogens with two attached hydrogens (primary N) is 1. The van der Waals surface area contributed by atoms with Crippen molar-refractivity contribution < 1.29 is 5.11 Å². The average Bonchev–Trinajstić information content (AvgIpc) is 2.16. The molecule has 0 spiro atoms. The lowest BCUT2D eigenvalue weighted by atomic mass is 10.0. The molecule has 0 rings (SSSR count). The minimum Gasteiger partial charge on any atom is -0.389 e. The van der Waals surface area contributed by atoms with Gasteiger partial charge >= 0.3 is 0 Å². The van der Waals surface area contributed by atoms with Crippen LogP contribution in [-0.2, 0) is 0 Å². The summed E-state index contributed by atoms with van der Waals surface area (Å²) in [5.41, 5.74) is 4.76. The summed E-state index contributed by atoms with van der Waals surface area (Å²) in [6.45, 7) is 7.60. The third-order valence-corrected chi connectivity index (χ3v) is 3.01. The first-order valence-corrected chi connectivity index (χ1v) is 5.55. The van der Waals surface area contributed by atoms with Crippen LogP contribution in [0.5, 0.6) is 0 Å². The van der Waals surface area contributed by atoms with Gasteiger partial charge in [0.2, 0.25) is 0 Å². The van der Waals surface area contributed by atoms with Gasteiger partial charge in [-0.15, -0.1) is 0 Å². The highest BCUT2D eigenvalue weighted by Crippen LogP contribution is 2.11. The molecule has 2 atom stereocenters. The topological polar surface area (TPSA) is 49.5 Å². The lowest BCUT2D eigenvalue weighted by Crippen LogP contribution is -2.36. The Bertz CT molecular complexity index is 148. The van der Waals surface area contributed by atoms with Crippen molar-refractivity contribution in [2.75, 3.05) is 20.1 Å². The molecule has 0 aromatic carbocycles. The van der Waals surface area contributed by atoms with Gasteiger partial charge in [-0.2, -0.15) is 0 Å². The van der Waals surface area contributed by atoms with Gasteiger partial charge in [0.15, 0.2) is 0 Å². The van der Waals surface area contributed by atoms with Crippen LogP contribution in [0.3, 0.4) is 0 Å². The van der Waals surface area contributed by atoms with E-state index in [9.17, 15) is 5.11 Å². The van der Waals surface area contributed by atoms with E-state index < -0.39 is 5.60 Å². The Hall–Kier alpha value is -0.120. The van der Waals surface area contributed by atoms with Crippen LogP contribution in [0, 0.1) is 0 Å². The van der Waals surface area contributed by atoms with Gasteiger partial charge in [0, 0.05) is 12.6 Å². The fourth-order valence-electron chi connectivity index (χ4n) is 1.34. The number of hydrogen-bond donors (Lipinski definition) is 2. The highest BCUT2D eigenvalue weighted by Gasteiger charge is 2.17. The summed E-state index contributed by atoms with van der Waals surface area (Å²) in [6.07, 6.45) is 2.96. The Morgan fingerprint density at radius 1 is 1.50 bits per heavy atom. The van der Waals surface area contributed by atoms with Crippen LogP contribution < -0.4 is 5.73 Å². The van der Waals surface area contributed by atoms with E-state index in [4.69, 9.17) is 5.73 Å². The molecular formula is C11H26N2O. The van der Waals surface area contributed by atoms with Crippen LogP contribution in [0.2, 0.25) is 0 Å². The van der Waals surface area contributed by atoms with Crippen molar-refractivity contribution in [1.29, 1.82) is 0 Å². The van der Waals surface area contributed by atoms with Crippen molar-refractivity contribution >= 4 is 0 Å². The summed E-state index contributed by atoms with van der Waals surface area (Å²) >= 11 is 0. The summed E-state index contributed by atoms with van der Waals surface area (Å²) < 4.78 is 0. The first kappa shape index (κ1) is 13.9. The van der Waals surface area contributed by atoms with E-state index in [1.54, 1.807) is 6.92 Å². The minimum atomic E-state index is -0.684. The quantitative estimate of drug-likeness (QED) is 0.652. The molecule has 0 aliphatic heterocycles. The van der Waals surface area contributed by atoms with Crippen molar-refractivity contribution in [1.82, 2.24) is 4.90 Å². The third kappa shape index (κ3) is 5.58. The van der Waals surface area contributed by atoms with Gasteiger partial charge in [0.25, 0.3) is 0 Å². The maximum absolute atomic E-state index is 9.69. The Kier molecular flexibility index (Phi) is 6.33. The lowest BCUT2D eigenvalue weighted by Gasteiger charge is -2.26. The molecule has 0 heterocycles. The molecule has 0 amide bonds. The number of rotatable bonds is 7. The molecule has 0 bridgehead atoms. The lowest BCUT2D eigenvalue weighted by molar-refractivity contribution is 0.0540. The van der Waals surface area contributed by atoms with Crippen LogP contribution in [0.1, 0.15) is 40.0 Å². The Labute approximate surface area is 88.3 Å². The van der Waals surface area contributed by atoms with Crippen molar-refractivity contribution in [3.63, 3.8) is 0 Å². The van der Waals surface area contributed by atoms with Gasteiger partial charge in [0.05, 0.1) is 5.60 Å². The van der Waals surface area contributed by atoms with Crippen LogP contribution in [0.25, 0.3) is 0 Å². The van der Waals surface area contributed by atoms with Gasteiger partial charge in [0.1, 0.15) is 0 Å². The zero-order valence-corrected chi connectivity index (χ0v) is 10.1. The molecule has 2 unspecified atom stereocenters. The summed E-state index contributed by atoms with van der Waals surface area (Å²) in [5.74, 6) is 0. The Balaban J connectivity index is 3.63. The van der Waals surface area contributed by atoms with Crippen LogP contribution in [0.4, 0.5) is 0 Å². The molecule has 0 aliphatic carbocycles. The summed E-state index contributed by atoms with van der Waals surface area (Å²) in [4.78, 5) is 2.33. The normalized spacial score (nSPS) is 18.2. The van der Waals surface area contributed by atoms with Gasteiger partial charge in [-0.05, 0) is 46.7 Å². The zero-order valence-electron chi connectivity index (χ0n) is 10.1. The van der Waals surface area contributed by atoms with E-state index in [2.05, 4.69) is 25.8 Å². The van der Waals surface area contributed by atoms with Gasteiger partial charge < -0.3 is 15.7 Å². The van der Waals surface area contributed by atoms with E-state index in [0.29, 0.717) is 12.6 Å². The average molecular weight is 202 g/mol. The molecule has 3 heteroatoms. The molecule has 0 aliphatic rings. The molecule has 3 nitrogen and oxygen atoms in total. The van der Waals surface area contributed by atoms with E-state index in [-0.39, 0.29) is 0 Å². The Morgan fingerprint density at radius 2 is 2.07 bits per heavy atom. The smallest absolute Gasteiger partial charge is 0.0741 e. The molecule has 3 N–H and O–H groups in total. The van der Waals surface area contributed by atoms with Gasteiger partial charge in [-0.1, -0.05) is 6.92 Å². The number of aliphatic hydroxyl groups is 1. The maximum Gasteiger partial charge on any atom is 0.0741 e. The molecule has 0 aromatic rings. The SMILES string of the molecule is CCC(C)N(C)CCCC(C)(O)CN. The molecule has 14 heavy (non-hydrogen) atoms. The fraction of sp³-hybridized carbons (Fsp3) is 1.00. The largest absolute Gasteiger partial charge is 0.389 e. The second-order valence-electron chi connectivity index (χ2n) is 4.54. The Morgan fingerprint density at radius 3 is 2.50 bits per heavy atom. The third-order valence-electron chi connectivity index (χ3n) is 3.01. The van der Waals surface area contributed by atoms with Crippen molar-refractivity contribution in [2.24, 2.45) is 5.73 Å². The summed E-state index contributed by atoms with van der Waals surface area (Å²) in [6, 6.07) is 0.623. The highest BCUT2D eigenvalue weighted by atomic mass is 16.3. The summed E-state index contributed by atoms with van der Waals surface area (Å²) in [7, 11) is 2.13. The molecule has 0 saturated carbocycles. The molecule has 0 radical (unpaired) electrons. The van der Waals surface area contributed by atoms with Crippen LogP contribution in [0.15, 0.2) is 0 Å². The number of nitrogens with zero attached hydrogens (tertiary/aromatic N) is 1. The first-order valence-electron chi connectivity index (χ1n) is 5.55. The van der Waals surface area contributed by atoms with Crippen molar-refractivity contribution in [3.8, 4) is 0 Å². The summed E-state index contributed by atoms with van der Waals surface area (Å²) in [5, 5.41) is 9.69.